The standard InChI is InChI=1S/C19H22BrNO2/c1-4-11-23-17-10-9-15(20)12-16(17)19(22)21-18-13(3)7-6-8-14(18)5-2/h6-10,12H,4-5,11H2,1-3H3,(H,21,22). The second-order valence-corrected chi connectivity index (χ2v) is 6.32. The molecule has 2 aromatic carbocycles. The first kappa shape index (κ1) is 17.5. The first-order valence-corrected chi connectivity index (χ1v) is 8.68. The lowest BCUT2D eigenvalue weighted by Crippen LogP contribution is -2.16. The maximum absolute atomic E-state index is 12.8. The van der Waals surface area contributed by atoms with Gasteiger partial charge in [-0.05, 0) is 49.1 Å². The fourth-order valence-corrected chi connectivity index (χ4v) is 2.76. The molecule has 2 rings (SSSR count). The van der Waals surface area contributed by atoms with Crippen molar-refractivity contribution in [3.05, 3.63) is 57.6 Å². The van der Waals surface area contributed by atoms with E-state index in [1.807, 2.05) is 44.2 Å². The van der Waals surface area contributed by atoms with Crippen LogP contribution in [0, 0.1) is 6.92 Å². The quantitative estimate of drug-likeness (QED) is 0.737. The lowest BCUT2D eigenvalue weighted by Gasteiger charge is -2.15. The third-order valence-corrected chi connectivity index (χ3v) is 4.12. The molecule has 0 aliphatic rings. The van der Waals surface area contributed by atoms with Crippen molar-refractivity contribution in [2.24, 2.45) is 0 Å². The predicted octanol–water partition coefficient (Wildman–Crippen LogP) is 5.36. The van der Waals surface area contributed by atoms with Crippen molar-refractivity contribution in [2.75, 3.05) is 11.9 Å². The van der Waals surface area contributed by atoms with Gasteiger partial charge in [-0.2, -0.15) is 0 Å². The first-order chi connectivity index (χ1) is 11.1. The zero-order chi connectivity index (χ0) is 16.8. The molecule has 0 saturated heterocycles. The fraction of sp³-hybridized carbons (Fsp3) is 0.316. The van der Waals surface area contributed by atoms with E-state index in [1.165, 1.54) is 0 Å². The van der Waals surface area contributed by atoms with Crippen molar-refractivity contribution in [3.8, 4) is 5.75 Å². The minimum absolute atomic E-state index is 0.151. The highest BCUT2D eigenvalue weighted by atomic mass is 79.9. The minimum Gasteiger partial charge on any atom is -0.493 e. The molecule has 0 heterocycles. The van der Waals surface area contributed by atoms with Gasteiger partial charge in [-0.25, -0.2) is 0 Å². The molecule has 2 aromatic rings. The summed E-state index contributed by atoms with van der Waals surface area (Å²) >= 11 is 3.43. The van der Waals surface area contributed by atoms with Gasteiger partial charge in [0.15, 0.2) is 0 Å². The summed E-state index contributed by atoms with van der Waals surface area (Å²) in [5, 5.41) is 3.05. The zero-order valence-electron chi connectivity index (χ0n) is 13.8. The Hall–Kier alpha value is -1.81. The lowest BCUT2D eigenvalue weighted by atomic mass is 10.1. The first-order valence-electron chi connectivity index (χ1n) is 7.89. The third-order valence-electron chi connectivity index (χ3n) is 3.63. The molecule has 122 valence electrons. The van der Waals surface area contributed by atoms with E-state index in [1.54, 1.807) is 6.07 Å². The van der Waals surface area contributed by atoms with E-state index in [4.69, 9.17) is 4.74 Å². The van der Waals surface area contributed by atoms with Crippen LogP contribution in [-0.2, 0) is 6.42 Å². The number of hydrogen-bond acceptors (Lipinski definition) is 2. The summed E-state index contributed by atoms with van der Waals surface area (Å²) in [6.07, 6.45) is 1.77. The molecular weight excluding hydrogens is 354 g/mol. The SMILES string of the molecule is CCCOc1ccc(Br)cc1C(=O)Nc1c(C)cccc1CC. The molecule has 0 spiro atoms. The Bertz CT molecular complexity index is 698. The number of anilines is 1. The number of nitrogens with one attached hydrogen (secondary N) is 1. The van der Waals surface area contributed by atoms with Gasteiger partial charge in [0.05, 0.1) is 12.2 Å². The van der Waals surface area contributed by atoms with Crippen LogP contribution in [0.2, 0.25) is 0 Å². The lowest BCUT2D eigenvalue weighted by molar-refractivity contribution is 0.102. The molecule has 0 aliphatic carbocycles. The Morgan fingerprint density at radius 1 is 1.22 bits per heavy atom. The molecular formula is C19H22BrNO2. The van der Waals surface area contributed by atoms with Gasteiger partial charge in [-0.1, -0.05) is 48.0 Å². The van der Waals surface area contributed by atoms with Crippen LogP contribution in [0.3, 0.4) is 0 Å². The molecule has 0 radical (unpaired) electrons. The van der Waals surface area contributed by atoms with Gasteiger partial charge in [0, 0.05) is 10.2 Å². The number of rotatable bonds is 6. The van der Waals surface area contributed by atoms with Crippen LogP contribution in [0.5, 0.6) is 5.75 Å². The monoisotopic (exact) mass is 375 g/mol. The van der Waals surface area contributed by atoms with Gasteiger partial charge in [0.25, 0.3) is 5.91 Å². The van der Waals surface area contributed by atoms with E-state index in [9.17, 15) is 4.79 Å². The van der Waals surface area contributed by atoms with E-state index >= 15 is 0 Å². The summed E-state index contributed by atoms with van der Waals surface area (Å²) in [6.45, 7) is 6.72. The molecule has 0 aromatic heterocycles. The van der Waals surface area contributed by atoms with Crippen molar-refractivity contribution in [1.29, 1.82) is 0 Å². The van der Waals surface area contributed by atoms with Crippen molar-refractivity contribution >= 4 is 27.5 Å². The van der Waals surface area contributed by atoms with Crippen molar-refractivity contribution in [2.45, 2.75) is 33.6 Å². The molecule has 0 aliphatic heterocycles. The van der Waals surface area contributed by atoms with Crippen LogP contribution < -0.4 is 10.1 Å². The molecule has 1 amide bonds. The van der Waals surface area contributed by atoms with Crippen LogP contribution in [0.1, 0.15) is 41.8 Å². The number of ether oxygens (including phenoxy) is 1. The molecule has 0 saturated carbocycles. The smallest absolute Gasteiger partial charge is 0.259 e. The number of amides is 1. The topological polar surface area (TPSA) is 38.3 Å². The van der Waals surface area contributed by atoms with Crippen molar-refractivity contribution in [3.63, 3.8) is 0 Å². The molecule has 1 N–H and O–H groups in total. The van der Waals surface area contributed by atoms with Crippen LogP contribution >= 0.6 is 15.9 Å². The number of hydrogen-bond donors (Lipinski definition) is 1. The summed E-state index contributed by atoms with van der Waals surface area (Å²) in [5.41, 5.74) is 3.62. The zero-order valence-corrected chi connectivity index (χ0v) is 15.4. The van der Waals surface area contributed by atoms with E-state index in [0.717, 1.165) is 34.1 Å². The maximum atomic E-state index is 12.8. The summed E-state index contributed by atoms with van der Waals surface area (Å²) in [6, 6.07) is 11.6. The van der Waals surface area contributed by atoms with Crippen LogP contribution in [0.15, 0.2) is 40.9 Å². The average molecular weight is 376 g/mol. The molecule has 0 fully saturated rings. The average Bonchev–Trinajstić information content (AvgIpc) is 2.55. The number of para-hydroxylation sites is 1. The highest BCUT2D eigenvalue weighted by Gasteiger charge is 2.16. The van der Waals surface area contributed by atoms with E-state index in [2.05, 4.69) is 28.2 Å². The van der Waals surface area contributed by atoms with E-state index in [0.29, 0.717) is 17.9 Å². The van der Waals surface area contributed by atoms with Gasteiger partial charge in [0.1, 0.15) is 5.75 Å². The summed E-state index contributed by atoms with van der Waals surface area (Å²) in [7, 11) is 0. The fourth-order valence-electron chi connectivity index (χ4n) is 2.40. The summed E-state index contributed by atoms with van der Waals surface area (Å²) in [4.78, 5) is 12.8. The Morgan fingerprint density at radius 3 is 2.70 bits per heavy atom. The molecule has 4 heteroatoms. The highest BCUT2D eigenvalue weighted by Crippen LogP contribution is 2.27. The van der Waals surface area contributed by atoms with Gasteiger partial charge in [-0.3, -0.25) is 4.79 Å². The second kappa shape index (κ2) is 8.16. The number of carbonyl (C=O) groups is 1. The Morgan fingerprint density at radius 2 is 2.00 bits per heavy atom. The minimum atomic E-state index is -0.151. The molecule has 0 atom stereocenters. The van der Waals surface area contributed by atoms with E-state index in [-0.39, 0.29) is 5.91 Å². The molecule has 23 heavy (non-hydrogen) atoms. The van der Waals surface area contributed by atoms with Crippen LogP contribution in [0.25, 0.3) is 0 Å². The molecule has 0 bridgehead atoms. The van der Waals surface area contributed by atoms with Gasteiger partial charge in [0.2, 0.25) is 0 Å². The summed E-state index contributed by atoms with van der Waals surface area (Å²) in [5.74, 6) is 0.459. The largest absolute Gasteiger partial charge is 0.493 e. The van der Waals surface area contributed by atoms with Crippen molar-refractivity contribution in [1.82, 2.24) is 0 Å². The van der Waals surface area contributed by atoms with Crippen molar-refractivity contribution < 1.29 is 9.53 Å². The Labute approximate surface area is 146 Å². The molecule has 0 unspecified atom stereocenters. The van der Waals surface area contributed by atoms with E-state index < -0.39 is 0 Å². The van der Waals surface area contributed by atoms with Crippen LogP contribution in [-0.4, -0.2) is 12.5 Å². The highest BCUT2D eigenvalue weighted by molar-refractivity contribution is 9.10. The number of aryl methyl sites for hydroxylation is 2. The predicted molar refractivity (Wildman–Crippen MR) is 98.4 cm³/mol. The normalized spacial score (nSPS) is 10.4. The summed E-state index contributed by atoms with van der Waals surface area (Å²) < 4.78 is 6.56. The Balaban J connectivity index is 2.32. The second-order valence-electron chi connectivity index (χ2n) is 5.41. The molecule has 3 nitrogen and oxygen atoms in total. The Kier molecular flexibility index (Phi) is 6.22. The van der Waals surface area contributed by atoms with Crippen LogP contribution in [0.4, 0.5) is 5.69 Å². The van der Waals surface area contributed by atoms with Gasteiger partial charge >= 0.3 is 0 Å². The van der Waals surface area contributed by atoms with Gasteiger partial charge in [-0.15, -0.1) is 0 Å². The third kappa shape index (κ3) is 4.35. The number of benzene rings is 2. The number of carbonyl (C=O) groups excluding carboxylic acids is 1. The van der Waals surface area contributed by atoms with Gasteiger partial charge < -0.3 is 10.1 Å². The number of halogens is 1. The maximum Gasteiger partial charge on any atom is 0.259 e.